The van der Waals surface area contributed by atoms with Gasteiger partial charge >= 0.3 is 8.80 Å². The van der Waals surface area contributed by atoms with E-state index in [9.17, 15) is 0 Å². The van der Waals surface area contributed by atoms with Crippen LogP contribution < -0.4 is 5.32 Å². The summed E-state index contributed by atoms with van der Waals surface area (Å²) < 4.78 is 17.4. The molecule has 0 radical (unpaired) electrons. The molecule has 0 aromatic carbocycles. The zero-order valence-corrected chi connectivity index (χ0v) is 16.7. The van der Waals surface area contributed by atoms with Crippen molar-refractivity contribution in [3.05, 3.63) is 0 Å². The summed E-state index contributed by atoms with van der Waals surface area (Å²) in [6, 6.07) is 0.454. The summed E-state index contributed by atoms with van der Waals surface area (Å²) in [5.41, 5.74) is 0.191. The Bertz CT molecular complexity index is 300. The molecular formula is C15H34N2O3SSi. The largest absolute Gasteiger partial charge is 0.518 e. The van der Waals surface area contributed by atoms with Gasteiger partial charge in [-0.2, -0.15) is 12.6 Å². The van der Waals surface area contributed by atoms with Gasteiger partial charge in [0, 0.05) is 52.3 Å². The highest BCUT2D eigenvalue weighted by Gasteiger charge is 2.51. The molecule has 0 aliphatic carbocycles. The average molecular weight is 351 g/mol. The molecule has 0 aromatic rings. The molecule has 0 bridgehead atoms. The first kappa shape index (κ1) is 20.4. The van der Waals surface area contributed by atoms with Crippen LogP contribution in [0.15, 0.2) is 0 Å². The maximum Gasteiger partial charge on any atom is 0.518 e. The van der Waals surface area contributed by atoms with Crippen molar-refractivity contribution in [2.24, 2.45) is 0 Å². The van der Waals surface area contributed by atoms with Gasteiger partial charge in [-0.05, 0) is 26.2 Å². The number of thiol groups is 1. The van der Waals surface area contributed by atoms with E-state index in [4.69, 9.17) is 25.9 Å². The van der Waals surface area contributed by atoms with E-state index in [1.54, 1.807) is 21.3 Å². The smallest absolute Gasteiger partial charge is 0.376 e. The highest BCUT2D eigenvalue weighted by Crippen LogP contribution is 2.26. The molecule has 0 saturated carbocycles. The van der Waals surface area contributed by atoms with E-state index in [0.29, 0.717) is 11.3 Å². The van der Waals surface area contributed by atoms with Crippen LogP contribution in [0.1, 0.15) is 39.5 Å². The summed E-state index contributed by atoms with van der Waals surface area (Å²) in [5.74, 6) is 0. The zero-order valence-electron chi connectivity index (χ0n) is 14.8. The summed E-state index contributed by atoms with van der Waals surface area (Å²) in [4.78, 5) is 2.51. The Morgan fingerprint density at radius 3 is 2.32 bits per heavy atom. The van der Waals surface area contributed by atoms with Gasteiger partial charge in [0.05, 0.1) is 5.67 Å². The first-order valence-corrected chi connectivity index (χ1v) is 10.7. The summed E-state index contributed by atoms with van der Waals surface area (Å²) in [6.45, 7) is 7.46. The van der Waals surface area contributed by atoms with Crippen LogP contribution in [0.25, 0.3) is 0 Å². The summed E-state index contributed by atoms with van der Waals surface area (Å²) in [7, 11) is 2.43. The van der Waals surface area contributed by atoms with Crippen molar-refractivity contribution in [2.75, 3.05) is 41.0 Å². The third-order valence-electron chi connectivity index (χ3n) is 4.61. The van der Waals surface area contributed by atoms with Crippen LogP contribution in [-0.2, 0) is 13.3 Å². The topological polar surface area (TPSA) is 43.0 Å². The van der Waals surface area contributed by atoms with E-state index in [1.807, 2.05) is 0 Å². The van der Waals surface area contributed by atoms with Crippen molar-refractivity contribution in [3.8, 4) is 0 Å². The van der Waals surface area contributed by atoms with Crippen molar-refractivity contribution in [3.63, 3.8) is 0 Å². The second-order valence-corrected chi connectivity index (χ2v) is 9.87. The van der Waals surface area contributed by atoms with Crippen molar-refractivity contribution in [1.29, 1.82) is 0 Å². The predicted molar refractivity (Wildman–Crippen MR) is 96.5 cm³/mol. The molecule has 0 spiro atoms. The Kier molecular flexibility index (Phi) is 9.54. The quantitative estimate of drug-likeness (QED) is 0.466. The van der Waals surface area contributed by atoms with Gasteiger partial charge < -0.3 is 18.6 Å². The van der Waals surface area contributed by atoms with Crippen LogP contribution in [0.3, 0.4) is 0 Å². The van der Waals surface area contributed by atoms with Crippen molar-refractivity contribution < 1.29 is 13.3 Å². The molecule has 1 fully saturated rings. The summed E-state index contributed by atoms with van der Waals surface area (Å²) in [5, 5.41) is 3.88. The molecule has 132 valence electrons. The Morgan fingerprint density at radius 2 is 1.82 bits per heavy atom. The van der Waals surface area contributed by atoms with Gasteiger partial charge in [0.25, 0.3) is 0 Å². The molecule has 7 heteroatoms. The van der Waals surface area contributed by atoms with Crippen LogP contribution in [0.2, 0.25) is 0 Å². The fraction of sp³-hybridized carbons (Fsp3) is 1.00. The van der Waals surface area contributed by atoms with Gasteiger partial charge in [-0.1, -0.05) is 13.3 Å². The van der Waals surface area contributed by atoms with Gasteiger partial charge in [-0.15, -0.1) is 0 Å². The molecule has 1 rings (SSSR count). The third-order valence-corrected chi connectivity index (χ3v) is 8.27. The molecule has 1 aliphatic heterocycles. The Balaban J connectivity index is 2.88. The Labute approximate surface area is 142 Å². The highest BCUT2D eigenvalue weighted by atomic mass is 32.1. The lowest BCUT2D eigenvalue weighted by Crippen LogP contribution is -2.66. The lowest BCUT2D eigenvalue weighted by atomic mass is 10.1. The van der Waals surface area contributed by atoms with Gasteiger partial charge in [0.15, 0.2) is 0 Å². The first-order valence-electron chi connectivity index (χ1n) is 8.34. The van der Waals surface area contributed by atoms with E-state index in [2.05, 4.69) is 24.1 Å². The highest BCUT2D eigenvalue weighted by molar-refractivity contribution is 7.80. The number of nitrogens with one attached hydrogen (secondary N) is 1. The average Bonchev–Trinajstić information content (AvgIpc) is 2.53. The second-order valence-electron chi connectivity index (χ2n) is 6.04. The lowest BCUT2D eigenvalue weighted by molar-refractivity contribution is 0.0483. The Morgan fingerprint density at radius 1 is 1.18 bits per heavy atom. The molecule has 1 N–H and O–H groups in total. The van der Waals surface area contributed by atoms with Gasteiger partial charge in [-0.25, -0.2) is 0 Å². The standard InChI is InChI=1S/C15H34N2O3SSi/c1-6-7-14(21)8-9-15(22(18-3,19-4)20-5)17-11-10-16-12-13(17)2/h13-16,21H,6-12H2,1-5H3. The normalized spacial score (nSPS) is 23.5. The number of nitrogens with zero attached hydrogens (tertiary/aromatic N) is 1. The van der Waals surface area contributed by atoms with Crippen LogP contribution in [-0.4, -0.2) is 71.6 Å². The van der Waals surface area contributed by atoms with Gasteiger partial charge in [0.2, 0.25) is 0 Å². The predicted octanol–water partition coefficient (Wildman–Crippen LogP) is 1.94. The van der Waals surface area contributed by atoms with Crippen LogP contribution in [0.4, 0.5) is 0 Å². The third kappa shape index (κ3) is 5.19. The second kappa shape index (κ2) is 10.3. The molecule has 3 unspecified atom stereocenters. The fourth-order valence-electron chi connectivity index (χ4n) is 3.35. The number of piperazine rings is 1. The van der Waals surface area contributed by atoms with Crippen molar-refractivity contribution in [2.45, 2.75) is 56.5 Å². The molecule has 5 nitrogen and oxygen atoms in total. The molecule has 0 aromatic heterocycles. The monoisotopic (exact) mass is 350 g/mol. The minimum absolute atomic E-state index is 0.191. The maximum atomic E-state index is 5.80. The summed E-state index contributed by atoms with van der Waals surface area (Å²) in [6.07, 6.45) is 4.38. The maximum absolute atomic E-state index is 5.80. The number of hydrogen-bond acceptors (Lipinski definition) is 6. The van der Waals surface area contributed by atoms with E-state index in [0.717, 1.165) is 38.9 Å². The molecule has 3 atom stereocenters. The minimum Gasteiger partial charge on any atom is -0.376 e. The number of rotatable bonds is 10. The molecule has 1 heterocycles. The zero-order chi connectivity index (χ0) is 16.6. The van der Waals surface area contributed by atoms with Crippen LogP contribution >= 0.6 is 12.6 Å². The van der Waals surface area contributed by atoms with E-state index in [1.165, 1.54) is 6.42 Å². The first-order chi connectivity index (χ1) is 10.5. The molecular weight excluding hydrogens is 316 g/mol. The molecule has 1 aliphatic rings. The number of hydrogen-bond donors (Lipinski definition) is 2. The molecule has 22 heavy (non-hydrogen) atoms. The van der Waals surface area contributed by atoms with E-state index < -0.39 is 8.80 Å². The molecule has 1 saturated heterocycles. The van der Waals surface area contributed by atoms with E-state index >= 15 is 0 Å². The minimum atomic E-state index is -2.70. The Hall–Kier alpha value is 0.367. The van der Waals surface area contributed by atoms with Gasteiger partial charge in [0.1, 0.15) is 0 Å². The van der Waals surface area contributed by atoms with E-state index in [-0.39, 0.29) is 5.67 Å². The summed E-state index contributed by atoms with van der Waals surface area (Å²) >= 11 is 4.72. The fourth-order valence-corrected chi connectivity index (χ4v) is 6.38. The van der Waals surface area contributed by atoms with Crippen LogP contribution in [0, 0.1) is 0 Å². The molecule has 0 amide bonds. The lowest BCUT2D eigenvalue weighted by Gasteiger charge is -2.45. The van der Waals surface area contributed by atoms with Crippen molar-refractivity contribution >= 4 is 21.4 Å². The van der Waals surface area contributed by atoms with Gasteiger partial charge in [-0.3, -0.25) is 4.90 Å². The SMILES string of the molecule is CCCC(S)CCC(N1CCNCC1C)[Si](OC)(OC)OC. The van der Waals surface area contributed by atoms with Crippen LogP contribution in [0.5, 0.6) is 0 Å². The van der Waals surface area contributed by atoms with Crippen molar-refractivity contribution in [1.82, 2.24) is 10.2 Å².